The van der Waals surface area contributed by atoms with Crippen LogP contribution in [-0.4, -0.2) is 4.98 Å². The summed E-state index contributed by atoms with van der Waals surface area (Å²) in [6, 6.07) is 5.55. The van der Waals surface area contributed by atoms with Gasteiger partial charge in [-0.2, -0.15) is 0 Å². The Labute approximate surface area is 63.3 Å². The maximum absolute atomic E-state index is 7.45. The summed E-state index contributed by atoms with van der Waals surface area (Å²) in [7, 11) is 0. The number of hydrogen-bond acceptors (Lipinski definition) is 2. The normalized spacial score (nSPS) is 10.5. The van der Waals surface area contributed by atoms with Crippen molar-refractivity contribution in [1.82, 2.24) is 4.98 Å². The molecule has 2 heteroatoms. The summed E-state index contributed by atoms with van der Waals surface area (Å²) in [6.07, 6.45) is 0. The Morgan fingerprint density at radius 2 is 2.30 bits per heavy atom. The lowest BCUT2D eigenvalue weighted by Gasteiger charge is -1.89. The zero-order valence-corrected chi connectivity index (χ0v) is 5.98. The van der Waals surface area contributed by atoms with E-state index in [0.29, 0.717) is 5.56 Å². The molecular formula is C8H4NS. The van der Waals surface area contributed by atoms with Gasteiger partial charge in [0.1, 0.15) is 0 Å². The summed E-state index contributed by atoms with van der Waals surface area (Å²) in [4.78, 5) is 4.08. The van der Waals surface area contributed by atoms with Gasteiger partial charge in [0.2, 0.25) is 0 Å². The molecule has 0 bridgehead atoms. The van der Waals surface area contributed by atoms with Crippen LogP contribution in [0.3, 0.4) is 0 Å². The van der Waals surface area contributed by atoms with E-state index in [-0.39, 0.29) is 0 Å². The quantitative estimate of drug-likeness (QED) is 0.555. The molecule has 1 heterocycles. The third-order valence-corrected chi connectivity index (χ3v) is 2.23. The molecule has 1 aromatic carbocycles. The van der Waals surface area contributed by atoms with Gasteiger partial charge < -0.3 is 0 Å². The largest absolute Gasteiger partial charge is 0.245 e. The van der Waals surface area contributed by atoms with E-state index in [1.54, 1.807) is 11.6 Å². The molecule has 0 spiro atoms. The standard InChI is InChI=1S/C8H4NS/c1-6-3-2-4-7-8(6)10-5-9-7/h2-5H. The molecule has 0 amide bonds. The number of rotatable bonds is 0. The van der Waals surface area contributed by atoms with E-state index in [1.807, 2.05) is 12.1 Å². The van der Waals surface area contributed by atoms with Crippen molar-refractivity contribution in [3.8, 4) is 0 Å². The molecule has 0 N–H and O–H groups in total. The minimum Gasteiger partial charge on any atom is -0.245 e. The van der Waals surface area contributed by atoms with E-state index in [1.165, 1.54) is 11.3 Å². The molecule has 0 aliphatic heterocycles. The lowest BCUT2D eigenvalue weighted by atomic mass is 10.2. The molecule has 0 aliphatic carbocycles. The van der Waals surface area contributed by atoms with Gasteiger partial charge in [-0.25, -0.2) is 4.98 Å². The van der Waals surface area contributed by atoms with Crippen molar-refractivity contribution in [2.45, 2.75) is 0 Å². The number of fused-ring (bicyclic) bond motifs is 1. The second-order valence-corrected chi connectivity index (χ2v) is 2.86. The molecule has 0 atom stereocenters. The second-order valence-electron chi connectivity index (χ2n) is 2.01. The number of benzene rings is 1. The summed E-state index contributed by atoms with van der Waals surface area (Å²) < 4.78 is 0.975. The van der Waals surface area contributed by atoms with Crippen LogP contribution in [0.25, 0.3) is 10.2 Å². The van der Waals surface area contributed by atoms with E-state index < -0.39 is 0 Å². The first-order valence-corrected chi connectivity index (χ1v) is 3.80. The highest BCUT2D eigenvalue weighted by Crippen LogP contribution is 2.20. The molecule has 47 valence electrons. The molecule has 1 nitrogen and oxygen atoms in total. The molecule has 0 unspecified atom stereocenters. The van der Waals surface area contributed by atoms with Crippen LogP contribution >= 0.6 is 11.3 Å². The van der Waals surface area contributed by atoms with E-state index >= 15 is 0 Å². The van der Waals surface area contributed by atoms with E-state index in [4.69, 9.17) is 6.92 Å². The summed E-state index contributed by atoms with van der Waals surface area (Å²) in [5.41, 5.74) is 3.26. The van der Waals surface area contributed by atoms with Crippen molar-refractivity contribution in [3.05, 3.63) is 36.2 Å². The van der Waals surface area contributed by atoms with Gasteiger partial charge in [0.15, 0.2) is 0 Å². The SMILES string of the molecule is [C]c1cccc2ncsc12. The smallest absolute Gasteiger partial charge is 0.0815 e. The molecule has 0 saturated carbocycles. The van der Waals surface area contributed by atoms with Crippen LogP contribution in [0, 0.1) is 6.92 Å². The van der Waals surface area contributed by atoms with E-state index in [2.05, 4.69) is 4.98 Å². The van der Waals surface area contributed by atoms with Crippen molar-refractivity contribution in [3.63, 3.8) is 0 Å². The van der Waals surface area contributed by atoms with Gasteiger partial charge in [-0.05, 0) is 11.6 Å². The summed E-state index contributed by atoms with van der Waals surface area (Å²) in [5, 5.41) is 0. The van der Waals surface area contributed by atoms with Crippen LogP contribution < -0.4 is 0 Å². The fourth-order valence-electron chi connectivity index (χ4n) is 0.886. The summed E-state index contributed by atoms with van der Waals surface area (Å²) >= 11 is 1.52. The highest BCUT2D eigenvalue weighted by atomic mass is 32.1. The number of hydrogen-bond donors (Lipinski definition) is 0. The third-order valence-electron chi connectivity index (χ3n) is 1.36. The maximum Gasteiger partial charge on any atom is 0.0815 e. The summed E-state index contributed by atoms with van der Waals surface area (Å²) in [5.74, 6) is 0. The maximum atomic E-state index is 7.45. The Kier molecular flexibility index (Phi) is 1.21. The van der Waals surface area contributed by atoms with Gasteiger partial charge in [0.05, 0.1) is 15.7 Å². The van der Waals surface area contributed by atoms with Crippen LogP contribution in [0.5, 0.6) is 0 Å². The first-order valence-electron chi connectivity index (χ1n) is 2.92. The Hall–Kier alpha value is -0.890. The fourth-order valence-corrected chi connectivity index (χ4v) is 1.59. The van der Waals surface area contributed by atoms with Crippen molar-refractivity contribution in [2.75, 3.05) is 0 Å². The fraction of sp³-hybridized carbons (Fsp3) is 0. The highest BCUT2D eigenvalue weighted by molar-refractivity contribution is 7.17. The predicted octanol–water partition coefficient (Wildman–Crippen LogP) is 2.23. The summed E-state index contributed by atoms with van der Waals surface area (Å²) in [6.45, 7) is 7.45. The number of nitrogens with zero attached hydrogens (tertiary/aromatic N) is 1. The van der Waals surface area contributed by atoms with Gasteiger partial charge in [-0.1, -0.05) is 12.1 Å². The Morgan fingerprint density at radius 3 is 3.10 bits per heavy atom. The number of thiazole rings is 1. The first kappa shape index (κ1) is 5.86. The Balaban J connectivity index is 2.95. The molecule has 3 radical (unpaired) electrons. The van der Waals surface area contributed by atoms with Crippen LogP contribution in [0.1, 0.15) is 5.56 Å². The van der Waals surface area contributed by atoms with Crippen molar-refractivity contribution in [1.29, 1.82) is 0 Å². The topological polar surface area (TPSA) is 12.9 Å². The van der Waals surface area contributed by atoms with Crippen molar-refractivity contribution in [2.24, 2.45) is 0 Å². The molecule has 0 saturated heterocycles. The van der Waals surface area contributed by atoms with Gasteiger partial charge in [-0.15, -0.1) is 11.3 Å². The van der Waals surface area contributed by atoms with Crippen molar-refractivity contribution < 1.29 is 0 Å². The van der Waals surface area contributed by atoms with Gasteiger partial charge in [0.25, 0.3) is 0 Å². The van der Waals surface area contributed by atoms with Crippen LogP contribution in [0.2, 0.25) is 0 Å². The van der Waals surface area contributed by atoms with E-state index in [9.17, 15) is 0 Å². The van der Waals surface area contributed by atoms with Crippen molar-refractivity contribution >= 4 is 21.6 Å². The predicted molar refractivity (Wildman–Crippen MR) is 42.0 cm³/mol. The third kappa shape index (κ3) is 0.727. The number of aromatic nitrogens is 1. The molecule has 10 heavy (non-hydrogen) atoms. The van der Waals surface area contributed by atoms with Gasteiger partial charge in [0, 0.05) is 6.92 Å². The zero-order valence-electron chi connectivity index (χ0n) is 5.16. The first-order chi connectivity index (χ1) is 4.88. The second kappa shape index (κ2) is 2.06. The molecule has 0 fully saturated rings. The Morgan fingerprint density at radius 1 is 1.40 bits per heavy atom. The average Bonchev–Trinajstić information content (AvgIpc) is 2.36. The van der Waals surface area contributed by atoms with Crippen LogP contribution in [0.15, 0.2) is 23.7 Å². The minimum absolute atomic E-state index is 0.569. The lowest BCUT2D eigenvalue weighted by molar-refractivity contribution is 1.50. The molecule has 0 aliphatic rings. The lowest BCUT2D eigenvalue weighted by Crippen LogP contribution is -1.70. The van der Waals surface area contributed by atoms with Crippen LogP contribution in [-0.2, 0) is 0 Å². The average molecular weight is 146 g/mol. The van der Waals surface area contributed by atoms with Gasteiger partial charge >= 0.3 is 0 Å². The van der Waals surface area contributed by atoms with Gasteiger partial charge in [-0.3, -0.25) is 0 Å². The Bertz CT molecular complexity index is 351. The van der Waals surface area contributed by atoms with Crippen LogP contribution in [0.4, 0.5) is 0 Å². The van der Waals surface area contributed by atoms with E-state index in [0.717, 1.165) is 10.2 Å². The molecule has 2 rings (SSSR count). The molecular weight excluding hydrogens is 142 g/mol. The molecule has 1 aromatic heterocycles. The highest BCUT2D eigenvalue weighted by Gasteiger charge is 1.96. The zero-order chi connectivity index (χ0) is 6.97. The molecule has 2 aromatic rings. The monoisotopic (exact) mass is 146 g/mol. The minimum atomic E-state index is 0.569.